The van der Waals surface area contributed by atoms with Gasteiger partial charge >= 0.3 is 0 Å². The molecule has 0 saturated heterocycles. The van der Waals surface area contributed by atoms with E-state index in [2.05, 4.69) is 46.6 Å². The number of phenolic OH excluding ortho intramolecular Hbond substituents is 1. The van der Waals surface area contributed by atoms with E-state index in [0.29, 0.717) is 17.1 Å². The monoisotopic (exact) mass is 382 g/mol. The first kappa shape index (κ1) is 14.6. The summed E-state index contributed by atoms with van der Waals surface area (Å²) in [5.74, 6) is 0.506. The predicted molar refractivity (Wildman–Crippen MR) is 96.2 cm³/mol. The van der Waals surface area contributed by atoms with Crippen molar-refractivity contribution in [2.45, 2.75) is 0 Å². The largest absolute Gasteiger partial charge is 0.508 e. The summed E-state index contributed by atoms with van der Waals surface area (Å²) < 4.78 is 0.971. The molecule has 0 atom stereocenters. The second-order valence-electron chi connectivity index (χ2n) is 5.11. The highest BCUT2D eigenvalue weighted by atomic mass is 79.9. The van der Waals surface area contributed by atoms with E-state index in [1.807, 2.05) is 18.2 Å². The topological polar surface area (TPSA) is 99.1 Å². The molecule has 8 heteroatoms. The number of H-pyrrole nitrogens is 1. The highest BCUT2D eigenvalue weighted by Crippen LogP contribution is 2.25. The second kappa shape index (κ2) is 5.89. The summed E-state index contributed by atoms with van der Waals surface area (Å²) in [6.07, 6.45) is 1.61. The van der Waals surface area contributed by atoms with Crippen LogP contribution in [0.1, 0.15) is 5.56 Å². The quantitative estimate of drug-likeness (QED) is 0.372. The van der Waals surface area contributed by atoms with E-state index in [4.69, 9.17) is 0 Å². The van der Waals surface area contributed by atoms with Crippen LogP contribution in [0, 0.1) is 0 Å². The molecule has 0 radical (unpaired) electrons. The van der Waals surface area contributed by atoms with Gasteiger partial charge in [-0.3, -0.25) is 0 Å². The van der Waals surface area contributed by atoms with Gasteiger partial charge in [-0.05, 0) is 48.0 Å². The maximum Gasteiger partial charge on any atom is 0.265 e. The van der Waals surface area contributed by atoms with Crippen LogP contribution in [0.4, 0.5) is 5.95 Å². The first-order valence-corrected chi connectivity index (χ1v) is 7.88. The first-order chi connectivity index (χ1) is 11.7. The zero-order valence-corrected chi connectivity index (χ0v) is 13.8. The van der Waals surface area contributed by atoms with Gasteiger partial charge in [0.05, 0.1) is 6.21 Å². The van der Waals surface area contributed by atoms with Gasteiger partial charge in [-0.1, -0.05) is 15.9 Å². The van der Waals surface area contributed by atoms with Crippen molar-refractivity contribution in [1.29, 1.82) is 0 Å². The fourth-order valence-corrected chi connectivity index (χ4v) is 2.68. The van der Waals surface area contributed by atoms with Crippen LogP contribution in [0.3, 0.4) is 0 Å². The minimum atomic E-state index is 0.212. The molecule has 0 saturated carbocycles. The van der Waals surface area contributed by atoms with Crippen molar-refractivity contribution in [3.05, 3.63) is 52.5 Å². The Bertz CT molecular complexity index is 1060. The minimum Gasteiger partial charge on any atom is -0.508 e. The highest BCUT2D eigenvalue weighted by molar-refractivity contribution is 9.10. The van der Waals surface area contributed by atoms with Crippen molar-refractivity contribution in [3.8, 4) is 5.75 Å². The number of nitrogens with one attached hydrogen (secondary N) is 2. The molecule has 7 nitrogen and oxygen atoms in total. The number of hydrogen-bond donors (Lipinski definition) is 3. The van der Waals surface area contributed by atoms with Gasteiger partial charge in [-0.2, -0.15) is 10.1 Å². The maximum atomic E-state index is 9.24. The van der Waals surface area contributed by atoms with Crippen molar-refractivity contribution in [3.63, 3.8) is 0 Å². The molecule has 0 amide bonds. The number of nitrogens with zero attached hydrogens (tertiary/aromatic N) is 4. The number of hydrazone groups is 1. The predicted octanol–water partition coefficient (Wildman–Crippen LogP) is 3.42. The number of rotatable bonds is 3. The molecular formula is C16H11BrN6O. The summed E-state index contributed by atoms with van der Waals surface area (Å²) in [6.45, 7) is 0. The normalized spacial score (nSPS) is 11.5. The SMILES string of the molecule is Oc1ccc(/C=N\Nc2nnc3c(n2)[nH]c2ccc(Br)cc23)cc1. The van der Waals surface area contributed by atoms with Gasteiger partial charge in [0.15, 0.2) is 5.65 Å². The lowest BCUT2D eigenvalue weighted by Gasteiger charge is -1.97. The van der Waals surface area contributed by atoms with E-state index in [1.165, 1.54) is 0 Å². The molecule has 4 aromatic rings. The Balaban J connectivity index is 1.60. The van der Waals surface area contributed by atoms with Crippen molar-refractivity contribution in [1.82, 2.24) is 20.2 Å². The van der Waals surface area contributed by atoms with Gasteiger partial charge in [0.2, 0.25) is 0 Å². The fourth-order valence-electron chi connectivity index (χ4n) is 2.32. The smallest absolute Gasteiger partial charge is 0.265 e. The minimum absolute atomic E-state index is 0.212. The van der Waals surface area contributed by atoms with E-state index in [0.717, 1.165) is 20.9 Å². The number of hydrogen-bond acceptors (Lipinski definition) is 6. The molecule has 0 unspecified atom stereocenters. The summed E-state index contributed by atoms with van der Waals surface area (Å²) >= 11 is 3.45. The third-order valence-electron chi connectivity index (χ3n) is 3.45. The molecule has 2 heterocycles. The standard InChI is InChI=1S/C16H11BrN6O/c17-10-3-6-13-12(7-10)14-15(19-13)20-16(23-21-14)22-18-8-9-1-4-11(24)5-2-9/h1-8,24H,(H2,19,20,22,23)/b18-8-. The lowest BCUT2D eigenvalue weighted by atomic mass is 10.2. The van der Waals surface area contributed by atoms with Gasteiger partial charge in [0.1, 0.15) is 11.3 Å². The molecule has 24 heavy (non-hydrogen) atoms. The molecule has 0 aliphatic carbocycles. The molecule has 0 aliphatic rings. The number of aromatic nitrogens is 4. The van der Waals surface area contributed by atoms with E-state index in [1.54, 1.807) is 30.5 Å². The van der Waals surface area contributed by atoms with E-state index >= 15 is 0 Å². The molecule has 2 aromatic heterocycles. The number of benzene rings is 2. The average Bonchev–Trinajstić information content (AvgIpc) is 2.94. The van der Waals surface area contributed by atoms with Crippen molar-refractivity contribution >= 4 is 50.2 Å². The van der Waals surface area contributed by atoms with Crippen molar-refractivity contribution < 1.29 is 5.11 Å². The molecular weight excluding hydrogens is 372 g/mol. The number of phenols is 1. The average molecular weight is 383 g/mol. The van der Waals surface area contributed by atoms with E-state index in [9.17, 15) is 5.11 Å². The van der Waals surface area contributed by atoms with Crippen LogP contribution >= 0.6 is 15.9 Å². The Labute approximate surface area is 144 Å². The van der Waals surface area contributed by atoms with Crippen LogP contribution in [0.15, 0.2) is 52.0 Å². The summed E-state index contributed by atoms with van der Waals surface area (Å²) in [4.78, 5) is 7.58. The number of aromatic hydroxyl groups is 1. The number of anilines is 1. The van der Waals surface area contributed by atoms with Crippen LogP contribution in [-0.2, 0) is 0 Å². The van der Waals surface area contributed by atoms with Gasteiger partial charge in [-0.15, -0.1) is 10.2 Å². The number of halogens is 1. The molecule has 2 aromatic carbocycles. The van der Waals surface area contributed by atoms with Crippen LogP contribution in [0.25, 0.3) is 22.1 Å². The fraction of sp³-hybridized carbons (Fsp3) is 0. The Morgan fingerprint density at radius 3 is 2.79 bits per heavy atom. The molecule has 0 bridgehead atoms. The Hall–Kier alpha value is -3.00. The third-order valence-corrected chi connectivity index (χ3v) is 3.94. The first-order valence-electron chi connectivity index (χ1n) is 7.09. The van der Waals surface area contributed by atoms with Crippen molar-refractivity contribution in [2.24, 2.45) is 5.10 Å². The lowest BCUT2D eigenvalue weighted by Crippen LogP contribution is -1.98. The molecule has 118 valence electrons. The van der Waals surface area contributed by atoms with E-state index < -0.39 is 0 Å². The van der Waals surface area contributed by atoms with Crippen LogP contribution < -0.4 is 5.43 Å². The van der Waals surface area contributed by atoms with Crippen molar-refractivity contribution in [2.75, 3.05) is 5.43 Å². The zero-order valence-electron chi connectivity index (χ0n) is 12.2. The summed E-state index contributed by atoms with van der Waals surface area (Å²) in [5, 5.41) is 22.5. The lowest BCUT2D eigenvalue weighted by molar-refractivity contribution is 0.475. The summed E-state index contributed by atoms with van der Waals surface area (Å²) in [7, 11) is 0. The van der Waals surface area contributed by atoms with Gasteiger partial charge in [0.25, 0.3) is 5.95 Å². The molecule has 0 aliphatic heterocycles. The van der Waals surface area contributed by atoms with Gasteiger partial charge in [0, 0.05) is 15.4 Å². The van der Waals surface area contributed by atoms with Crippen LogP contribution in [-0.4, -0.2) is 31.5 Å². The highest BCUT2D eigenvalue weighted by Gasteiger charge is 2.09. The Morgan fingerprint density at radius 1 is 1.12 bits per heavy atom. The number of fused-ring (bicyclic) bond motifs is 3. The zero-order chi connectivity index (χ0) is 16.5. The second-order valence-corrected chi connectivity index (χ2v) is 6.02. The molecule has 0 spiro atoms. The molecule has 0 fully saturated rings. The third kappa shape index (κ3) is 2.79. The van der Waals surface area contributed by atoms with Crippen LogP contribution in [0.2, 0.25) is 0 Å². The molecule has 4 rings (SSSR count). The summed E-state index contributed by atoms with van der Waals surface area (Å²) in [6, 6.07) is 12.6. The summed E-state index contributed by atoms with van der Waals surface area (Å²) in [5.41, 5.74) is 5.88. The molecule has 3 N–H and O–H groups in total. The van der Waals surface area contributed by atoms with Gasteiger partial charge < -0.3 is 10.1 Å². The maximum absolute atomic E-state index is 9.24. The van der Waals surface area contributed by atoms with Crippen LogP contribution in [0.5, 0.6) is 5.75 Å². The van der Waals surface area contributed by atoms with Gasteiger partial charge in [-0.25, -0.2) is 5.43 Å². The Kier molecular flexibility index (Phi) is 3.58. The van der Waals surface area contributed by atoms with E-state index in [-0.39, 0.29) is 5.75 Å². The Morgan fingerprint density at radius 2 is 1.96 bits per heavy atom. The number of aromatic amines is 1.